The lowest BCUT2D eigenvalue weighted by atomic mass is 9.77. The van der Waals surface area contributed by atoms with E-state index in [0.29, 0.717) is 0 Å². The topological polar surface area (TPSA) is 108 Å². The molecule has 2 aromatic rings. The largest absolute Gasteiger partial charge is 0.504 e. The number of amides is 2. The van der Waals surface area contributed by atoms with E-state index in [4.69, 9.17) is 16.3 Å². The van der Waals surface area contributed by atoms with Gasteiger partial charge in [0, 0.05) is 10.6 Å². The van der Waals surface area contributed by atoms with Crippen molar-refractivity contribution in [2.45, 2.75) is 17.9 Å². The number of methoxy groups -OCH3 is 1. The first-order valence-corrected chi connectivity index (χ1v) is 8.90. The maximum Gasteiger partial charge on any atom is 0.437 e. The molecule has 4 N–H and O–H groups in total. The molecular formula is C19H16ClF3N2O5. The number of benzene rings is 2. The van der Waals surface area contributed by atoms with Crippen LogP contribution in [0.3, 0.4) is 0 Å². The van der Waals surface area contributed by atoms with Crippen LogP contribution in [0.4, 0.5) is 18.0 Å². The molecule has 11 heteroatoms. The first-order valence-electron chi connectivity index (χ1n) is 8.52. The number of urea groups is 1. The van der Waals surface area contributed by atoms with Gasteiger partial charge in [-0.05, 0) is 42.0 Å². The second-order valence-corrected chi connectivity index (χ2v) is 7.06. The number of ketones is 1. The number of aromatic hydroxyl groups is 1. The number of carbonyl (C=O) groups excluding carboxylic acids is 2. The van der Waals surface area contributed by atoms with Gasteiger partial charge in [-0.15, -0.1) is 0 Å². The van der Waals surface area contributed by atoms with Gasteiger partial charge in [0.15, 0.2) is 17.3 Å². The molecule has 30 heavy (non-hydrogen) atoms. The predicted octanol–water partition coefficient (Wildman–Crippen LogP) is 3.16. The van der Waals surface area contributed by atoms with Gasteiger partial charge < -0.3 is 25.6 Å². The number of nitrogens with one attached hydrogen (secondary N) is 2. The van der Waals surface area contributed by atoms with Gasteiger partial charge in [0.1, 0.15) is 5.92 Å². The molecule has 1 aliphatic rings. The minimum Gasteiger partial charge on any atom is -0.504 e. The van der Waals surface area contributed by atoms with Crippen molar-refractivity contribution in [3.05, 3.63) is 58.6 Å². The Hall–Kier alpha value is -2.98. The van der Waals surface area contributed by atoms with Crippen molar-refractivity contribution in [3.8, 4) is 11.5 Å². The summed E-state index contributed by atoms with van der Waals surface area (Å²) in [6.07, 6.45) is -5.38. The van der Waals surface area contributed by atoms with Crippen LogP contribution in [-0.2, 0) is 0 Å². The van der Waals surface area contributed by atoms with Gasteiger partial charge in [-0.2, -0.15) is 13.2 Å². The summed E-state index contributed by atoms with van der Waals surface area (Å²) < 4.78 is 46.5. The number of Topliss-reactive ketones (excluding diaryl/α,β-unsaturated/α-hetero) is 1. The van der Waals surface area contributed by atoms with E-state index in [0.717, 1.165) is 6.07 Å². The minimum atomic E-state index is -5.38. The highest BCUT2D eigenvalue weighted by atomic mass is 35.5. The van der Waals surface area contributed by atoms with E-state index in [1.807, 2.05) is 0 Å². The summed E-state index contributed by atoms with van der Waals surface area (Å²) >= 11 is 5.78. The van der Waals surface area contributed by atoms with Crippen molar-refractivity contribution in [2.24, 2.45) is 5.92 Å². The molecule has 0 aliphatic carbocycles. The van der Waals surface area contributed by atoms with Crippen molar-refractivity contribution in [1.29, 1.82) is 0 Å². The molecule has 2 aromatic carbocycles. The van der Waals surface area contributed by atoms with Crippen LogP contribution in [0.15, 0.2) is 42.5 Å². The summed E-state index contributed by atoms with van der Waals surface area (Å²) in [5, 5.41) is 24.2. The predicted molar refractivity (Wildman–Crippen MR) is 99.3 cm³/mol. The van der Waals surface area contributed by atoms with Crippen LogP contribution in [0, 0.1) is 5.92 Å². The van der Waals surface area contributed by atoms with Gasteiger partial charge in [0.05, 0.1) is 13.2 Å². The summed E-state index contributed by atoms with van der Waals surface area (Å²) in [7, 11) is 1.22. The Balaban J connectivity index is 2.18. The Labute approximate surface area is 173 Å². The Morgan fingerprint density at radius 1 is 1.20 bits per heavy atom. The van der Waals surface area contributed by atoms with E-state index >= 15 is 0 Å². The zero-order valence-corrected chi connectivity index (χ0v) is 16.1. The highest BCUT2D eigenvalue weighted by Gasteiger charge is 2.66. The van der Waals surface area contributed by atoms with Gasteiger partial charge in [-0.25, -0.2) is 4.79 Å². The summed E-state index contributed by atoms with van der Waals surface area (Å²) in [6.45, 7) is 0. The minimum absolute atomic E-state index is 0.00879. The second kappa shape index (κ2) is 7.69. The van der Waals surface area contributed by atoms with Crippen molar-refractivity contribution >= 4 is 23.4 Å². The van der Waals surface area contributed by atoms with E-state index in [9.17, 15) is 33.0 Å². The summed E-state index contributed by atoms with van der Waals surface area (Å²) in [5.74, 6) is -3.68. The number of ether oxygens (including phenoxy) is 1. The molecule has 7 nitrogen and oxygen atoms in total. The van der Waals surface area contributed by atoms with Gasteiger partial charge >= 0.3 is 12.2 Å². The molecule has 160 valence electrons. The third kappa shape index (κ3) is 3.75. The third-order valence-corrected chi connectivity index (χ3v) is 5.03. The van der Waals surface area contributed by atoms with Crippen LogP contribution < -0.4 is 15.4 Å². The van der Waals surface area contributed by atoms with Gasteiger partial charge in [0.25, 0.3) is 0 Å². The summed E-state index contributed by atoms with van der Waals surface area (Å²) in [4.78, 5) is 25.1. The Morgan fingerprint density at radius 3 is 2.40 bits per heavy atom. The van der Waals surface area contributed by atoms with Crippen LogP contribution in [0.1, 0.15) is 22.0 Å². The fraction of sp³-hybridized carbons (Fsp3) is 0.263. The molecule has 0 radical (unpaired) electrons. The smallest absolute Gasteiger partial charge is 0.437 e. The molecule has 3 atom stereocenters. The molecule has 1 saturated heterocycles. The number of aliphatic hydroxyl groups is 1. The first-order chi connectivity index (χ1) is 14.0. The number of alkyl halides is 3. The van der Waals surface area contributed by atoms with Crippen molar-refractivity contribution < 1.29 is 37.7 Å². The molecule has 1 fully saturated rings. The molecule has 0 unspecified atom stereocenters. The second-order valence-electron chi connectivity index (χ2n) is 6.62. The standard InChI is InChI=1S/C19H16ClF3N2O5/c1-30-13-8-10(4-7-12(13)26)15-14(16(27)9-2-5-11(20)6-3-9)18(29,19(21,22)23)25-17(28)24-15/h2-8,14-15,26,29H,1H3,(H2,24,25,28)/t14-,15-,18+/m0/s1. The Morgan fingerprint density at radius 2 is 1.83 bits per heavy atom. The zero-order valence-electron chi connectivity index (χ0n) is 15.3. The lowest BCUT2D eigenvalue weighted by molar-refractivity contribution is -0.287. The SMILES string of the molecule is COc1cc([C@@H]2NC(=O)N[C@](O)(C(F)(F)F)[C@@H]2C(=O)c2ccc(Cl)cc2)ccc1O. The van der Waals surface area contributed by atoms with Crippen LogP contribution >= 0.6 is 11.6 Å². The number of hydrogen-bond donors (Lipinski definition) is 4. The molecule has 1 aliphatic heterocycles. The molecule has 3 rings (SSSR count). The first kappa shape index (κ1) is 21.7. The number of phenolic OH excluding ortho intramolecular Hbond substituents is 1. The number of halogens is 4. The average molecular weight is 445 g/mol. The third-order valence-electron chi connectivity index (χ3n) is 4.78. The maximum atomic E-state index is 13.9. The van der Waals surface area contributed by atoms with Gasteiger partial charge in [0.2, 0.25) is 5.72 Å². The lowest BCUT2D eigenvalue weighted by Crippen LogP contribution is -2.72. The van der Waals surface area contributed by atoms with Crippen molar-refractivity contribution in [2.75, 3.05) is 7.11 Å². The highest BCUT2D eigenvalue weighted by molar-refractivity contribution is 6.30. The molecule has 1 heterocycles. The molecular weight excluding hydrogens is 429 g/mol. The van der Waals surface area contributed by atoms with Gasteiger partial charge in [-0.1, -0.05) is 17.7 Å². The van der Waals surface area contributed by atoms with E-state index in [1.165, 1.54) is 48.8 Å². The van der Waals surface area contributed by atoms with Crippen LogP contribution in [0.25, 0.3) is 0 Å². The molecule has 2 amide bonds. The average Bonchev–Trinajstić information content (AvgIpc) is 2.67. The van der Waals surface area contributed by atoms with Crippen LogP contribution in [0.2, 0.25) is 5.02 Å². The van der Waals surface area contributed by atoms with Crippen molar-refractivity contribution in [1.82, 2.24) is 10.6 Å². The van der Waals surface area contributed by atoms with Crippen molar-refractivity contribution in [3.63, 3.8) is 0 Å². The number of carbonyl (C=O) groups is 2. The van der Waals surface area contributed by atoms with Gasteiger partial charge in [-0.3, -0.25) is 4.79 Å². The quantitative estimate of drug-likeness (QED) is 0.542. The highest BCUT2D eigenvalue weighted by Crippen LogP contribution is 2.45. The fourth-order valence-electron chi connectivity index (χ4n) is 3.30. The number of phenols is 1. The lowest BCUT2D eigenvalue weighted by Gasteiger charge is -2.45. The number of hydrogen-bond acceptors (Lipinski definition) is 5. The molecule has 0 bridgehead atoms. The van der Waals surface area contributed by atoms with Crippen LogP contribution in [-0.4, -0.2) is 41.0 Å². The van der Waals surface area contributed by atoms with E-state index in [2.05, 4.69) is 5.32 Å². The normalized spacial score (nSPS) is 24.0. The Bertz CT molecular complexity index is 983. The Kier molecular flexibility index (Phi) is 5.57. The van der Waals surface area contributed by atoms with E-state index in [1.54, 1.807) is 0 Å². The fourth-order valence-corrected chi connectivity index (χ4v) is 3.42. The zero-order chi connectivity index (χ0) is 22.3. The number of rotatable bonds is 4. The monoisotopic (exact) mass is 444 g/mol. The van der Waals surface area contributed by atoms with E-state index in [-0.39, 0.29) is 27.6 Å². The molecule has 0 saturated carbocycles. The molecule has 0 spiro atoms. The molecule has 0 aromatic heterocycles. The van der Waals surface area contributed by atoms with Crippen LogP contribution in [0.5, 0.6) is 11.5 Å². The van der Waals surface area contributed by atoms with E-state index < -0.39 is 35.7 Å². The maximum absolute atomic E-state index is 13.9. The summed E-state index contributed by atoms with van der Waals surface area (Å²) in [6, 6.07) is 5.66. The summed E-state index contributed by atoms with van der Waals surface area (Å²) in [5.41, 5.74) is -4.00.